The van der Waals surface area contributed by atoms with E-state index in [1.165, 1.54) is 12.1 Å². The van der Waals surface area contributed by atoms with Crippen LogP contribution < -0.4 is 5.32 Å². The van der Waals surface area contributed by atoms with Crippen molar-refractivity contribution in [2.24, 2.45) is 5.92 Å². The zero-order chi connectivity index (χ0) is 20.8. The Morgan fingerprint density at radius 3 is 2.45 bits per heavy atom. The first-order valence-electron chi connectivity index (χ1n) is 9.54. The second-order valence-corrected chi connectivity index (χ2v) is 7.17. The van der Waals surface area contributed by atoms with Gasteiger partial charge >= 0.3 is 5.97 Å². The zero-order valence-electron chi connectivity index (χ0n) is 15.9. The molecule has 0 bridgehead atoms. The average Bonchev–Trinajstić information content (AvgIpc) is 2.74. The molecule has 0 aromatic heterocycles. The van der Waals surface area contributed by atoms with Gasteiger partial charge in [0.25, 0.3) is 0 Å². The summed E-state index contributed by atoms with van der Waals surface area (Å²) in [6.45, 7) is 0.790. The second kappa shape index (κ2) is 9.32. The number of carboxylic acid groups (broad SMARTS) is 1. The number of carbonyl (C=O) groups excluding carboxylic acids is 2. The minimum Gasteiger partial charge on any atom is -0.479 e. The van der Waals surface area contributed by atoms with Crippen LogP contribution in [0.2, 0.25) is 0 Å². The minimum atomic E-state index is -1.13. The first-order valence-corrected chi connectivity index (χ1v) is 9.54. The average molecular weight is 398 g/mol. The molecule has 2 N–H and O–H groups in total. The van der Waals surface area contributed by atoms with Gasteiger partial charge in [-0.15, -0.1) is 0 Å². The lowest BCUT2D eigenvalue weighted by atomic mass is 9.95. The predicted octanol–water partition coefficient (Wildman–Crippen LogP) is 2.55. The Hall–Kier alpha value is -3.22. The molecule has 1 fully saturated rings. The highest BCUT2D eigenvalue weighted by molar-refractivity contribution is 5.87. The van der Waals surface area contributed by atoms with Crippen molar-refractivity contribution in [3.05, 3.63) is 71.5 Å². The molecule has 2 atom stereocenters. The van der Waals surface area contributed by atoms with Gasteiger partial charge in [0.05, 0.1) is 12.3 Å². The van der Waals surface area contributed by atoms with E-state index in [1.54, 1.807) is 47.4 Å². The molecule has 0 radical (unpaired) electrons. The fourth-order valence-corrected chi connectivity index (χ4v) is 3.50. The number of nitrogens with zero attached hydrogens (tertiary/aromatic N) is 1. The van der Waals surface area contributed by atoms with Crippen LogP contribution in [0.4, 0.5) is 4.39 Å². The molecule has 3 rings (SSSR count). The summed E-state index contributed by atoms with van der Waals surface area (Å²) in [6.07, 6.45) is 1.39. The Labute approximate surface area is 168 Å². The quantitative estimate of drug-likeness (QED) is 0.783. The Kier molecular flexibility index (Phi) is 6.59. The van der Waals surface area contributed by atoms with Crippen molar-refractivity contribution in [1.29, 1.82) is 0 Å². The van der Waals surface area contributed by atoms with E-state index in [0.29, 0.717) is 30.5 Å². The highest BCUT2D eigenvalue weighted by atomic mass is 19.1. The van der Waals surface area contributed by atoms with Crippen LogP contribution in [0, 0.1) is 11.7 Å². The number of rotatable bonds is 6. The Morgan fingerprint density at radius 1 is 1.10 bits per heavy atom. The molecule has 1 aliphatic rings. The fourth-order valence-electron chi connectivity index (χ4n) is 3.50. The molecule has 0 spiro atoms. The minimum absolute atomic E-state index is 0.132. The lowest BCUT2D eigenvalue weighted by molar-refractivity contribution is -0.144. The predicted molar refractivity (Wildman–Crippen MR) is 104 cm³/mol. The molecule has 152 valence electrons. The normalized spacial score (nSPS) is 17.4. The number of amides is 2. The number of carboxylic acids is 1. The summed E-state index contributed by atoms with van der Waals surface area (Å²) in [7, 11) is 0. The highest BCUT2D eigenvalue weighted by Crippen LogP contribution is 2.20. The van der Waals surface area contributed by atoms with E-state index in [4.69, 9.17) is 0 Å². The van der Waals surface area contributed by atoms with E-state index in [9.17, 15) is 23.9 Å². The largest absolute Gasteiger partial charge is 0.479 e. The number of halogens is 1. The van der Waals surface area contributed by atoms with Crippen LogP contribution in [0.3, 0.4) is 0 Å². The van der Waals surface area contributed by atoms with Crippen LogP contribution in [-0.4, -0.2) is 40.9 Å². The summed E-state index contributed by atoms with van der Waals surface area (Å²) in [5.41, 5.74) is 1.20. The summed E-state index contributed by atoms with van der Waals surface area (Å²) >= 11 is 0. The van der Waals surface area contributed by atoms with Gasteiger partial charge < -0.3 is 15.3 Å². The van der Waals surface area contributed by atoms with Crippen molar-refractivity contribution in [2.45, 2.75) is 25.3 Å². The number of likely N-dealkylation sites (tertiary alicyclic amines) is 1. The monoisotopic (exact) mass is 398 g/mol. The molecule has 1 unspecified atom stereocenters. The number of aliphatic carboxylic acids is 1. The Balaban J connectivity index is 1.61. The molecule has 1 aliphatic heterocycles. The Morgan fingerprint density at radius 2 is 1.79 bits per heavy atom. The van der Waals surface area contributed by atoms with Crippen molar-refractivity contribution in [3.8, 4) is 0 Å². The van der Waals surface area contributed by atoms with Gasteiger partial charge in [-0.1, -0.05) is 42.5 Å². The number of carbonyl (C=O) groups is 3. The van der Waals surface area contributed by atoms with E-state index < -0.39 is 17.9 Å². The first-order chi connectivity index (χ1) is 13.9. The molecular formula is C22H23FN2O4. The van der Waals surface area contributed by atoms with Crippen molar-refractivity contribution in [1.82, 2.24) is 10.2 Å². The summed E-state index contributed by atoms with van der Waals surface area (Å²) < 4.78 is 13.0. The van der Waals surface area contributed by atoms with Gasteiger partial charge in [0.15, 0.2) is 6.04 Å². The maximum atomic E-state index is 13.0. The summed E-state index contributed by atoms with van der Waals surface area (Å²) in [5.74, 6) is -2.47. The molecule has 0 saturated carbocycles. The molecule has 2 amide bonds. The van der Waals surface area contributed by atoms with Crippen LogP contribution in [0.15, 0.2) is 54.6 Å². The smallest absolute Gasteiger partial charge is 0.330 e. The molecule has 2 aromatic carbocycles. The van der Waals surface area contributed by atoms with Crippen LogP contribution in [0.5, 0.6) is 0 Å². The third-order valence-electron chi connectivity index (χ3n) is 5.08. The van der Waals surface area contributed by atoms with Crippen molar-refractivity contribution >= 4 is 17.8 Å². The van der Waals surface area contributed by atoms with Gasteiger partial charge in [-0.05, 0) is 36.1 Å². The summed E-state index contributed by atoms with van der Waals surface area (Å²) in [6, 6.07) is 13.1. The molecular weight excluding hydrogens is 375 g/mol. The lowest BCUT2D eigenvalue weighted by Crippen LogP contribution is -2.47. The van der Waals surface area contributed by atoms with E-state index in [0.717, 1.165) is 0 Å². The SMILES string of the molecule is O=C(N[C@@H](C(=O)O)c1ccccc1)C1CCCN(C(=O)Cc2ccc(F)cc2)C1. The van der Waals surface area contributed by atoms with Gasteiger partial charge in [-0.3, -0.25) is 9.59 Å². The van der Waals surface area contributed by atoms with Gasteiger partial charge in [-0.2, -0.15) is 0 Å². The maximum absolute atomic E-state index is 13.0. The van der Waals surface area contributed by atoms with Gasteiger partial charge in [0, 0.05) is 13.1 Å². The van der Waals surface area contributed by atoms with Gasteiger partial charge in [-0.25, -0.2) is 9.18 Å². The van der Waals surface area contributed by atoms with E-state index >= 15 is 0 Å². The van der Waals surface area contributed by atoms with Crippen molar-refractivity contribution < 1.29 is 23.9 Å². The van der Waals surface area contributed by atoms with E-state index in [2.05, 4.69) is 5.32 Å². The Bertz CT molecular complexity index is 870. The van der Waals surface area contributed by atoms with Gasteiger partial charge in [0.2, 0.25) is 11.8 Å². The molecule has 2 aromatic rings. The number of hydrogen-bond donors (Lipinski definition) is 2. The van der Waals surface area contributed by atoms with E-state index in [-0.39, 0.29) is 30.6 Å². The molecule has 6 nitrogen and oxygen atoms in total. The zero-order valence-corrected chi connectivity index (χ0v) is 15.9. The number of piperidine rings is 1. The first kappa shape index (κ1) is 20.5. The third kappa shape index (κ3) is 5.40. The molecule has 1 heterocycles. The van der Waals surface area contributed by atoms with Crippen LogP contribution in [-0.2, 0) is 20.8 Å². The van der Waals surface area contributed by atoms with E-state index in [1.807, 2.05) is 0 Å². The van der Waals surface area contributed by atoms with Crippen LogP contribution in [0.25, 0.3) is 0 Å². The van der Waals surface area contributed by atoms with Crippen molar-refractivity contribution in [3.63, 3.8) is 0 Å². The van der Waals surface area contributed by atoms with Crippen LogP contribution >= 0.6 is 0 Å². The molecule has 0 aliphatic carbocycles. The molecule has 29 heavy (non-hydrogen) atoms. The fraction of sp³-hybridized carbons (Fsp3) is 0.318. The summed E-state index contributed by atoms with van der Waals surface area (Å²) in [5, 5.41) is 12.1. The highest BCUT2D eigenvalue weighted by Gasteiger charge is 2.31. The topological polar surface area (TPSA) is 86.7 Å². The van der Waals surface area contributed by atoms with Gasteiger partial charge in [0.1, 0.15) is 5.82 Å². The third-order valence-corrected chi connectivity index (χ3v) is 5.08. The number of nitrogens with one attached hydrogen (secondary N) is 1. The summed E-state index contributed by atoms with van der Waals surface area (Å²) in [4.78, 5) is 38.5. The standard InChI is InChI=1S/C22H23FN2O4/c23-18-10-8-15(9-11-18)13-19(26)25-12-4-7-17(14-25)21(27)24-20(22(28)29)16-5-2-1-3-6-16/h1-3,5-6,8-11,17,20H,4,7,12-14H2,(H,24,27)(H,28,29)/t17?,20-/m1/s1. The number of hydrogen-bond acceptors (Lipinski definition) is 3. The molecule has 7 heteroatoms. The lowest BCUT2D eigenvalue weighted by Gasteiger charge is -2.32. The number of benzene rings is 2. The second-order valence-electron chi connectivity index (χ2n) is 7.17. The van der Waals surface area contributed by atoms with Crippen molar-refractivity contribution in [2.75, 3.05) is 13.1 Å². The van der Waals surface area contributed by atoms with Crippen LogP contribution in [0.1, 0.15) is 30.0 Å². The molecule has 1 saturated heterocycles. The maximum Gasteiger partial charge on any atom is 0.330 e.